The Balaban J connectivity index is 1.86. The van der Waals surface area contributed by atoms with E-state index in [0.29, 0.717) is 37.9 Å². The van der Waals surface area contributed by atoms with E-state index in [4.69, 9.17) is 28.4 Å². The molecular weight excluding hydrogens is 408 g/mol. The van der Waals surface area contributed by atoms with Crippen LogP contribution in [-0.4, -0.2) is 70.9 Å². The summed E-state index contributed by atoms with van der Waals surface area (Å²) in [7, 11) is 0. The zero-order valence-electron chi connectivity index (χ0n) is 21.1. The van der Waals surface area contributed by atoms with Gasteiger partial charge in [0.15, 0.2) is 5.79 Å². The van der Waals surface area contributed by atoms with Gasteiger partial charge in [-0.2, -0.15) is 0 Å². The molecule has 2 rings (SSSR count). The SMILES string of the molecule is CCCCCCCCC(CCCOCC1CO1)C(CCCOCC1CO1)(OCC)OCC. The first-order chi connectivity index (χ1) is 15.7. The van der Waals surface area contributed by atoms with Crippen molar-refractivity contribution in [2.24, 2.45) is 5.92 Å². The second-order valence-corrected chi connectivity index (χ2v) is 9.24. The van der Waals surface area contributed by atoms with Gasteiger partial charge in [-0.05, 0) is 39.5 Å². The van der Waals surface area contributed by atoms with Crippen molar-refractivity contribution in [3.63, 3.8) is 0 Å². The topological polar surface area (TPSA) is 62.0 Å². The first kappa shape index (κ1) is 28.0. The Morgan fingerprint density at radius 1 is 0.719 bits per heavy atom. The zero-order chi connectivity index (χ0) is 22.9. The summed E-state index contributed by atoms with van der Waals surface area (Å²) < 4.78 is 34.9. The van der Waals surface area contributed by atoms with Crippen molar-refractivity contribution in [3.05, 3.63) is 0 Å². The molecule has 6 heteroatoms. The van der Waals surface area contributed by atoms with E-state index in [1.54, 1.807) is 0 Å². The molecule has 0 aliphatic carbocycles. The molecule has 2 heterocycles. The smallest absolute Gasteiger partial charge is 0.171 e. The lowest BCUT2D eigenvalue weighted by molar-refractivity contribution is -0.271. The summed E-state index contributed by atoms with van der Waals surface area (Å²) in [5, 5.41) is 0. The number of ether oxygens (including phenoxy) is 6. The van der Waals surface area contributed by atoms with Gasteiger partial charge in [-0.1, -0.05) is 45.4 Å². The number of hydrogen-bond acceptors (Lipinski definition) is 6. The third kappa shape index (κ3) is 12.3. The average molecular weight is 459 g/mol. The van der Waals surface area contributed by atoms with E-state index < -0.39 is 5.79 Å². The first-order valence-electron chi connectivity index (χ1n) is 13.4. The van der Waals surface area contributed by atoms with Crippen LogP contribution in [0.1, 0.15) is 91.4 Å². The van der Waals surface area contributed by atoms with Gasteiger partial charge >= 0.3 is 0 Å². The second kappa shape index (κ2) is 17.2. The normalized spacial score (nSPS) is 21.1. The first-order valence-corrected chi connectivity index (χ1v) is 13.4. The summed E-state index contributed by atoms with van der Waals surface area (Å²) in [5.41, 5.74) is 0. The quantitative estimate of drug-likeness (QED) is 0.108. The Morgan fingerprint density at radius 2 is 1.25 bits per heavy atom. The van der Waals surface area contributed by atoms with Gasteiger partial charge in [0.1, 0.15) is 12.2 Å². The molecule has 2 aliphatic rings. The van der Waals surface area contributed by atoms with Crippen molar-refractivity contribution in [2.75, 3.05) is 52.9 Å². The average Bonchev–Trinajstić information content (AvgIpc) is 3.70. The number of hydrogen-bond donors (Lipinski definition) is 0. The molecule has 0 bridgehead atoms. The monoisotopic (exact) mass is 458 g/mol. The molecule has 0 aromatic heterocycles. The third-order valence-electron chi connectivity index (χ3n) is 6.37. The van der Waals surface area contributed by atoms with Gasteiger partial charge in [-0.15, -0.1) is 0 Å². The molecule has 0 N–H and O–H groups in total. The van der Waals surface area contributed by atoms with E-state index in [1.807, 2.05) is 0 Å². The summed E-state index contributed by atoms with van der Waals surface area (Å²) in [5.74, 6) is -0.146. The van der Waals surface area contributed by atoms with E-state index >= 15 is 0 Å². The fourth-order valence-corrected chi connectivity index (χ4v) is 4.48. The van der Waals surface area contributed by atoms with Crippen molar-refractivity contribution in [2.45, 2.75) is 109 Å². The van der Waals surface area contributed by atoms with Crippen LogP contribution in [0.2, 0.25) is 0 Å². The highest BCUT2D eigenvalue weighted by Gasteiger charge is 2.39. The molecule has 0 aromatic rings. The molecule has 2 aliphatic heterocycles. The van der Waals surface area contributed by atoms with E-state index in [0.717, 1.165) is 65.1 Å². The maximum Gasteiger partial charge on any atom is 0.171 e. The van der Waals surface area contributed by atoms with E-state index in [2.05, 4.69) is 20.8 Å². The number of rotatable bonds is 24. The lowest BCUT2D eigenvalue weighted by atomic mass is 9.85. The molecule has 3 atom stereocenters. The van der Waals surface area contributed by atoms with Gasteiger partial charge in [0.25, 0.3) is 0 Å². The molecule has 0 amide bonds. The minimum atomic E-state index is -0.522. The Labute approximate surface area is 197 Å². The van der Waals surface area contributed by atoms with Crippen LogP contribution in [-0.2, 0) is 28.4 Å². The second-order valence-electron chi connectivity index (χ2n) is 9.24. The molecule has 3 unspecified atom stereocenters. The van der Waals surface area contributed by atoms with Crippen molar-refractivity contribution in [1.29, 1.82) is 0 Å². The van der Waals surface area contributed by atoms with Crippen LogP contribution in [0.4, 0.5) is 0 Å². The predicted octanol–water partition coefficient (Wildman–Crippen LogP) is 5.51. The van der Waals surface area contributed by atoms with E-state index in [9.17, 15) is 0 Å². The molecule has 32 heavy (non-hydrogen) atoms. The highest BCUT2D eigenvalue weighted by atomic mass is 16.7. The fourth-order valence-electron chi connectivity index (χ4n) is 4.48. The minimum absolute atomic E-state index is 0.319. The maximum atomic E-state index is 6.41. The van der Waals surface area contributed by atoms with Crippen molar-refractivity contribution >= 4 is 0 Å². The largest absolute Gasteiger partial charge is 0.379 e. The summed E-state index contributed by atoms with van der Waals surface area (Å²) in [6.07, 6.45) is 13.6. The standard InChI is InChI=1S/C26H50O6/c1-4-7-8-9-10-11-14-23(15-12-17-27-19-24-21-29-24)26(31-5-2,32-6-3)16-13-18-28-20-25-22-30-25/h23-25H,4-22H2,1-3H3. The molecule has 6 nitrogen and oxygen atoms in total. The van der Waals surface area contributed by atoms with Crippen LogP contribution >= 0.6 is 0 Å². The maximum absolute atomic E-state index is 6.41. The van der Waals surface area contributed by atoms with Gasteiger partial charge in [0.2, 0.25) is 0 Å². The van der Waals surface area contributed by atoms with E-state index in [1.165, 1.54) is 38.5 Å². The van der Waals surface area contributed by atoms with Gasteiger partial charge in [-0.3, -0.25) is 0 Å². The van der Waals surface area contributed by atoms with Gasteiger partial charge in [0.05, 0.1) is 26.4 Å². The minimum Gasteiger partial charge on any atom is -0.379 e. The summed E-state index contributed by atoms with van der Waals surface area (Å²) in [6.45, 7) is 12.4. The van der Waals surface area contributed by atoms with Gasteiger partial charge in [-0.25, -0.2) is 0 Å². The van der Waals surface area contributed by atoms with Crippen molar-refractivity contribution < 1.29 is 28.4 Å². The van der Waals surface area contributed by atoms with Crippen LogP contribution in [0, 0.1) is 5.92 Å². The Hall–Kier alpha value is -0.240. The third-order valence-corrected chi connectivity index (χ3v) is 6.37. The molecule has 0 spiro atoms. The highest BCUT2D eigenvalue weighted by molar-refractivity contribution is 4.81. The summed E-state index contributed by atoms with van der Waals surface area (Å²) in [4.78, 5) is 0. The Kier molecular flexibility index (Phi) is 15.1. The van der Waals surface area contributed by atoms with Crippen LogP contribution in [0.5, 0.6) is 0 Å². The molecule has 0 aromatic carbocycles. The molecule has 2 saturated heterocycles. The molecule has 0 saturated carbocycles. The van der Waals surface area contributed by atoms with Crippen molar-refractivity contribution in [1.82, 2.24) is 0 Å². The fraction of sp³-hybridized carbons (Fsp3) is 1.00. The van der Waals surface area contributed by atoms with Crippen molar-refractivity contribution in [3.8, 4) is 0 Å². The Morgan fingerprint density at radius 3 is 1.81 bits per heavy atom. The lowest BCUT2D eigenvalue weighted by Crippen LogP contribution is -2.44. The summed E-state index contributed by atoms with van der Waals surface area (Å²) in [6, 6.07) is 0. The summed E-state index contributed by atoms with van der Waals surface area (Å²) >= 11 is 0. The number of epoxide rings is 2. The van der Waals surface area contributed by atoms with Crippen LogP contribution in [0.3, 0.4) is 0 Å². The number of unbranched alkanes of at least 4 members (excludes halogenated alkanes) is 5. The van der Waals surface area contributed by atoms with Crippen LogP contribution in [0.15, 0.2) is 0 Å². The highest BCUT2D eigenvalue weighted by Crippen LogP contribution is 2.36. The molecule has 2 fully saturated rings. The molecular formula is C26H50O6. The van der Waals surface area contributed by atoms with Gasteiger partial charge < -0.3 is 28.4 Å². The Bertz CT molecular complexity index is 432. The van der Waals surface area contributed by atoms with Crippen LogP contribution < -0.4 is 0 Å². The molecule has 190 valence electrons. The van der Waals surface area contributed by atoms with Crippen LogP contribution in [0.25, 0.3) is 0 Å². The zero-order valence-corrected chi connectivity index (χ0v) is 21.1. The van der Waals surface area contributed by atoms with E-state index in [-0.39, 0.29) is 0 Å². The predicted molar refractivity (Wildman–Crippen MR) is 127 cm³/mol. The lowest BCUT2D eigenvalue weighted by Gasteiger charge is -2.40. The van der Waals surface area contributed by atoms with Gasteiger partial charge in [0, 0.05) is 38.8 Å². The molecule has 0 radical (unpaired) electrons.